The van der Waals surface area contributed by atoms with Gasteiger partial charge in [0.05, 0.1) is 29.5 Å². The van der Waals surface area contributed by atoms with Crippen LogP contribution in [0.5, 0.6) is 0 Å². The third kappa shape index (κ3) is 6.89. The number of hydrogen-bond donors (Lipinski definition) is 1. The van der Waals surface area contributed by atoms with Gasteiger partial charge in [-0.25, -0.2) is 13.1 Å². The van der Waals surface area contributed by atoms with Crippen LogP contribution in [0.3, 0.4) is 0 Å². The Morgan fingerprint density at radius 1 is 0.979 bits per heavy atom. The first-order chi connectivity index (χ1) is 22.6. The number of ether oxygens (including phenoxy) is 1. The Balaban J connectivity index is 1.12. The third-order valence-electron chi connectivity index (χ3n) is 11.0. The van der Waals surface area contributed by atoms with Gasteiger partial charge in [-0.2, -0.15) is 9.40 Å². The number of benzene rings is 1. The summed E-state index contributed by atoms with van der Waals surface area (Å²) in [6.45, 7) is 10.5. The number of nitrogens with zero attached hydrogens (tertiary/aromatic N) is 5. The fourth-order valence-corrected chi connectivity index (χ4v) is 9.49. The number of piperazine rings is 1. The van der Waals surface area contributed by atoms with Crippen LogP contribution in [0, 0.1) is 19.8 Å². The molecule has 3 saturated heterocycles. The summed E-state index contributed by atoms with van der Waals surface area (Å²) in [4.78, 5) is 32.4. The number of unbranched alkanes of at least 4 members (excludes halogenated alkanes) is 1. The Morgan fingerprint density at radius 3 is 2.32 bits per heavy atom. The quantitative estimate of drug-likeness (QED) is 0.408. The van der Waals surface area contributed by atoms with Crippen LogP contribution in [0.2, 0.25) is 0 Å². The molecule has 1 aromatic carbocycles. The van der Waals surface area contributed by atoms with E-state index in [4.69, 9.17) is 9.84 Å². The fourth-order valence-electron chi connectivity index (χ4n) is 8.08. The number of nitrogens with one attached hydrogen (secondary N) is 1. The minimum Gasteiger partial charge on any atom is -0.379 e. The van der Waals surface area contributed by atoms with Gasteiger partial charge in [0.25, 0.3) is 0 Å². The number of likely N-dealkylation sites (tertiary alicyclic amines) is 1. The van der Waals surface area contributed by atoms with Crippen LogP contribution in [0.25, 0.3) is 5.69 Å². The maximum atomic E-state index is 13.9. The molecule has 1 spiro atoms. The highest BCUT2D eigenvalue weighted by atomic mass is 32.2. The van der Waals surface area contributed by atoms with Crippen molar-refractivity contribution in [2.24, 2.45) is 5.92 Å². The van der Waals surface area contributed by atoms with Crippen molar-refractivity contribution in [3.8, 4) is 5.69 Å². The van der Waals surface area contributed by atoms with E-state index in [-0.39, 0.29) is 16.7 Å². The summed E-state index contributed by atoms with van der Waals surface area (Å²) in [6, 6.07) is 6.54. The Morgan fingerprint density at radius 2 is 1.66 bits per heavy atom. The van der Waals surface area contributed by atoms with Gasteiger partial charge in [0.15, 0.2) is 0 Å². The molecule has 1 atom stereocenters. The molecule has 1 aromatic heterocycles. The summed E-state index contributed by atoms with van der Waals surface area (Å²) in [5, 5.41) is 8.04. The van der Waals surface area contributed by atoms with Crippen LogP contribution in [0.1, 0.15) is 88.1 Å². The van der Waals surface area contributed by atoms with Crippen molar-refractivity contribution in [1.82, 2.24) is 29.2 Å². The number of aryl methyl sites for hydroxylation is 1. The summed E-state index contributed by atoms with van der Waals surface area (Å²) in [5.41, 5.74) is 3.09. The lowest BCUT2D eigenvalue weighted by atomic mass is 9.79. The van der Waals surface area contributed by atoms with E-state index in [1.807, 2.05) is 35.6 Å². The molecule has 12 heteroatoms. The maximum Gasteiger partial charge on any atom is 0.246 e. The molecule has 258 valence electrons. The second-order valence-electron chi connectivity index (χ2n) is 14.0. The van der Waals surface area contributed by atoms with Crippen LogP contribution >= 0.6 is 0 Å². The smallest absolute Gasteiger partial charge is 0.246 e. The largest absolute Gasteiger partial charge is 0.379 e. The minimum absolute atomic E-state index is 0.0351. The van der Waals surface area contributed by atoms with Crippen molar-refractivity contribution < 1.29 is 22.7 Å². The van der Waals surface area contributed by atoms with Gasteiger partial charge in [-0.05, 0) is 69.7 Å². The molecule has 11 nitrogen and oxygen atoms in total. The van der Waals surface area contributed by atoms with Gasteiger partial charge in [0.2, 0.25) is 21.8 Å². The summed E-state index contributed by atoms with van der Waals surface area (Å²) in [7, 11) is -3.57. The van der Waals surface area contributed by atoms with E-state index < -0.39 is 21.6 Å². The predicted octanol–water partition coefficient (Wildman–Crippen LogP) is 3.94. The molecule has 4 fully saturated rings. The van der Waals surface area contributed by atoms with E-state index in [0.29, 0.717) is 58.2 Å². The van der Waals surface area contributed by atoms with E-state index in [9.17, 15) is 18.0 Å². The van der Waals surface area contributed by atoms with E-state index in [0.717, 1.165) is 67.8 Å². The summed E-state index contributed by atoms with van der Waals surface area (Å²) in [6.07, 6.45) is 9.94. The van der Waals surface area contributed by atoms with Crippen LogP contribution < -0.4 is 5.32 Å². The van der Waals surface area contributed by atoms with Crippen molar-refractivity contribution in [2.45, 2.75) is 108 Å². The predicted molar refractivity (Wildman–Crippen MR) is 180 cm³/mol. The first kappa shape index (κ1) is 34.1. The number of amides is 2. The Bertz CT molecular complexity index is 1520. The lowest BCUT2D eigenvalue weighted by Gasteiger charge is -2.52. The highest BCUT2D eigenvalue weighted by Gasteiger charge is 2.53. The van der Waals surface area contributed by atoms with Gasteiger partial charge in [-0.1, -0.05) is 45.4 Å². The number of aromatic nitrogens is 2. The Kier molecular flexibility index (Phi) is 10.4. The molecule has 0 radical (unpaired) electrons. The van der Waals surface area contributed by atoms with Crippen molar-refractivity contribution in [2.75, 3.05) is 45.9 Å². The number of carbonyl (C=O) groups is 2. The standard InChI is InChI=1S/C35H52N6O5S/c1-4-5-17-40-33(42)32(24-28-9-7-6-8-10-28)36-34(43)35(40)15-18-38(19-16-35)25-31-26(2)37-41(27(31)3)29-11-13-30(14-12-29)47(44,45)39-20-22-46-23-21-39/h11-14,28,32H,4-10,15-25H2,1-3H3,(H,36,43). The lowest BCUT2D eigenvalue weighted by Crippen LogP contribution is -2.73. The molecule has 1 N–H and O–H groups in total. The summed E-state index contributed by atoms with van der Waals surface area (Å²) >= 11 is 0. The zero-order valence-corrected chi connectivity index (χ0v) is 29.2. The van der Waals surface area contributed by atoms with Gasteiger partial charge in [0, 0.05) is 50.5 Å². The highest BCUT2D eigenvalue weighted by Crippen LogP contribution is 2.36. The van der Waals surface area contributed by atoms with Gasteiger partial charge in [0.1, 0.15) is 11.6 Å². The molecule has 1 aliphatic carbocycles. The molecule has 2 amide bonds. The van der Waals surface area contributed by atoms with Gasteiger partial charge in [-0.3, -0.25) is 14.5 Å². The van der Waals surface area contributed by atoms with Crippen LogP contribution in [-0.4, -0.2) is 102 Å². The zero-order chi connectivity index (χ0) is 33.2. The normalized spacial score (nSPS) is 23.4. The number of rotatable bonds is 10. The summed E-state index contributed by atoms with van der Waals surface area (Å²) in [5.74, 6) is 0.678. The van der Waals surface area contributed by atoms with Gasteiger partial charge >= 0.3 is 0 Å². The lowest BCUT2D eigenvalue weighted by molar-refractivity contribution is -0.162. The van der Waals surface area contributed by atoms with E-state index in [1.54, 1.807) is 12.1 Å². The average molecular weight is 669 g/mol. The van der Waals surface area contributed by atoms with Crippen molar-refractivity contribution >= 4 is 21.8 Å². The van der Waals surface area contributed by atoms with Crippen LogP contribution in [-0.2, 0) is 30.9 Å². The molecule has 0 bridgehead atoms. The monoisotopic (exact) mass is 668 g/mol. The van der Waals surface area contributed by atoms with Crippen molar-refractivity contribution in [3.05, 3.63) is 41.2 Å². The Hall–Kier alpha value is -2.80. The molecule has 3 aliphatic heterocycles. The maximum absolute atomic E-state index is 13.9. The van der Waals surface area contributed by atoms with E-state index in [2.05, 4.69) is 17.1 Å². The van der Waals surface area contributed by atoms with Gasteiger partial charge < -0.3 is 15.0 Å². The van der Waals surface area contributed by atoms with E-state index >= 15 is 0 Å². The van der Waals surface area contributed by atoms with Crippen LogP contribution in [0.15, 0.2) is 29.2 Å². The number of morpholine rings is 1. The third-order valence-corrected chi connectivity index (χ3v) is 12.9. The first-order valence-electron chi connectivity index (χ1n) is 17.7. The molecular formula is C35H52N6O5S. The zero-order valence-electron chi connectivity index (χ0n) is 28.4. The molecule has 4 heterocycles. The number of piperidine rings is 1. The Labute approximate surface area is 280 Å². The molecule has 1 unspecified atom stereocenters. The molecule has 6 rings (SSSR count). The summed E-state index contributed by atoms with van der Waals surface area (Å²) < 4.78 is 34.9. The topological polar surface area (TPSA) is 117 Å². The second-order valence-corrected chi connectivity index (χ2v) is 15.9. The minimum atomic E-state index is -3.57. The molecule has 1 saturated carbocycles. The molecule has 2 aromatic rings. The fraction of sp³-hybridized carbons (Fsp3) is 0.686. The number of carbonyl (C=O) groups excluding carboxylic acids is 2. The molecular weight excluding hydrogens is 616 g/mol. The number of sulfonamides is 1. The SMILES string of the molecule is CCCCN1C(=O)C(CC2CCCCC2)NC(=O)C12CCN(Cc1c(C)nn(-c3ccc(S(=O)(=O)N4CCOCC4)cc3)c1C)CC2. The number of hydrogen-bond acceptors (Lipinski definition) is 7. The second kappa shape index (κ2) is 14.4. The molecule has 4 aliphatic rings. The molecule has 47 heavy (non-hydrogen) atoms. The highest BCUT2D eigenvalue weighted by molar-refractivity contribution is 7.89. The average Bonchev–Trinajstić information content (AvgIpc) is 3.37. The van der Waals surface area contributed by atoms with Gasteiger partial charge in [-0.15, -0.1) is 0 Å². The van der Waals surface area contributed by atoms with E-state index in [1.165, 1.54) is 23.6 Å². The van der Waals surface area contributed by atoms with Crippen LogP contribution in [0.4, 0.5) is 0 Å². The van der Waals surface area contributed by atoms with Crippen molar-refractivity contribution in [3.63, 3.8) is 0 Å². The van der Waals surface area contributed by atoms with Crippen molar-refractivity contribution in [1.29, 1.82) is 0 Å². The first-order valence-corrected chi connectivity index (χ1v) is 19.2.